The minimum absolute atomic E-state index is 0.438. The summed E-state index contributed by atoms with van der Waals surface area (Å²) in [5.74, 6) is 0.586. The summed E-state index contributed by atoms with van der Waals surface area (Å²) in [5.41, 5.74) is 4.12. The maximum absolute atomic E-state index is 6.14. The summed E-state index contributed by atoms with van der Waals surface area (Å²) in [6.45, 7) is 6.08. The van der Waals surface area contributed by atoms with Crippen molar-refractivity contribution in [3.63, 3.8) is 0 Å². The number of hydrogen-bond acceptors (Lipinski definition) is 2. The molecule has 2 nitrogen and oxygen atoms in total. The molecule has 2 aromatic rings. The lowest BCUT2D eigenvalue weighted by atomic mass is 10.0. The van der Waals surface area contributed by atoms with Gasteiger partial charge < -0.3 is 0 Å². The Morgan fingerprint density at radius 1 is 1.06 bits per heavy atom. The third-order valence-electron chi connectivity index (χ3n) is 3.11. The molecule has 18 heavy (non-hydrogen) atoms. The van der Waals surface area contributed by atoms with Crippen LogP contribution in [0.5, 0.6) is 0 Å². The van der Waals surface area contributed by atoms with Gasteiger partial charge in [-0.05, 0) is 31.4 Å². The molecule has 0 radical (unpaired) electrons. The van der Waals surface area contributed by atoms with Gasteiger partial charge in [-0.1, -0.05) is 48.3 Å². The minimum Gasteiger partial charge on any atom is -0.216 e. The number of nitrogens with zero attached hydrogens (tertiary/aromatic N) is 2. The highest BCUT2D eigenvalue weighted by molar-refractivity contribution is 6.34. The van der Waals surface area contributed by atoms with Crippen LogP contribution in [-0.4, -0.2) is 9.97 Å². The van der Waals surface area contributed by atoms with E-state index in [0.29, 0.717) is 16.1 Å². The van der Waals surface area contributed by atoms with Gasteiger partial charge in [-0.15, -0.1) is 0 Å². The van der Waals surface area contributed by atoms with Crippen molar-refractivity contribution in [2.24, 2.45) is 0 Å². The number of halogens is 2. The van der Waals surface area contributed by atoms with Gasteiger partial charge in [0.15, 0.2) is 5.82 Å². The van der Waals surface area contributed by atoms with Crippen molar-refractivity contribution in [1.29, 1.82) is 0 Å². The lowest BCUT2D eigenvalue weighted by molar-refractivity contribution is 1.05. The molecule has 0 saturated carbocycles. The molecule has 0 aliphatic carbocycles. The lowest BCUT2D eigenvalue weighted by Gasteiger charge is -2.10. The number of aromatic nitrogens is 2. The standard InChI is InChI=1S/C14H14Cl2N2/c1-4-10-12(15)17-14(18-13(10)16)11-7-5-6-8(2)9(11)3/h5-7H,4H2,1-3H3. The first-order valence-electron chi connectivity index (χ1n) is 5.83. The van der Waals surface area contributed by atoms with E-state index in [2.05, 4.69) is 23.0 Å². The summed E-state index contributed by atoms with van der Waals surface area (Å²) in [6, 6.07) is 6.02. The maximum Gasteiger partial charge on any atom is 0.162 e. The van der Waals surface area contributed by atoms with Crippen molar-refractivity contribution in [2.75, 3.05) is 0 Å². The molecule has 0 spiro atoms. The zero-order valence-electron chi connectivity index (χ0n) is 10.6. The Bertz CT molecular complexity index is 571. The Morgan fingerprint density at radius 3 is 2.22 bits per heavy atom. The maximum atomic E-state index is 6.14. The van der Waals surface area contributed by atoms with Crippen LogP contribution >= 0.6 is 23.2 Å². The van der Waals surface area contributed by atoms with Gasteiger partial charge in [-0.3, -0.25) is 0 Å². The van der Waals surface area contributed by atoms with Gasteiger partial charge in [-0.2, -0.15) is 0 Å². The van der Waals surface area contributed by atoms with E-state index in [9.17, 15) is 0 Å². The first kappa shape index (κ1) is 13.3. The van der Waals surface area contributed by atoms with Crippen LogP contribution in [0.2, 0.25) is 10.3 Å². The fourth-order valence-corrected chi connectivity index (χ4v) is 2.49. The van der Waals surface area contributed by atoms with Crippen LogP contribution in [0.15, 0.2) is 18.2 Å². The van der Waals surface area contributed by atoms with Crippen molar-refractivity contribution >= 4 is 23.2 Å². The molecular weight excluding hydrogens is 267 g/mol. The highest BCUT2D eigenvalue weighted by Crippen LogP contribution is 2.28. The zero-order valence-corrected chi connectivity index (χ0v) is 12.1. The molecule has 1 aromatic carbocycles. The summed E-state index contributed by atoms with van der Waals surface area (Å²) in [4.78, 5) is 8.69. The first-order chi connectivity index (χ1) is 8.54. The van der Waals surface area contributed by atoms with Crippen molar-refractivity contribution in [2.45, 2.75) is 27.2 Å². The monoisotopic (exact) mass is 280 g/mol. The normalized spacial score (nSPS) is 10.7. The highest BCUT2D eigenvalue weighted by Gasteiger charge is 2.13. The van der Waals surface area contributed by atoms with E-state index >= 15 is 0 Å². The summed E-state index contributed by atoms with van der Waals surface area (Å²) in [7, 11) is 0. The first-order valence-corrected chi connectivity index (χ1v) is 6.58. The van der Waals surface area contributed by atoms with Crippen molar-refractivity contribution < 1.29 is 0 Å². The highest BCUT2D eigenvalue weighted by atomic mass is 35.5. The van der Waals surface area contributed by atoms with Crippen molar-refractivity contribution in [1.82, 2.24) is 9.97 Å². The van der Waals surface area contributed by atoms with E-state index in [1.54, 1.807) is 0 Å². The molecule has 1 heterocycles. The molecule has 0 N–H and O–H groups in total. The summed E-state index contributed by atoms with van der Waals surface area (Å²) in [6.07, 6.45) is 0.727. The Labute approximate surface area is 117 Å². The van der Waals surface area contributed by atoms with Crippen molar-refractivity contribution in [3.05, 3.63) is 45.2 Å². The summed E-state index contributed by atoms with van der Waals surface area (Å²) in [5, 5.41) is 0.877. The van der Waals surface area contributed by atoms with E-state index < -0.39 is 0 Å². The van der Waals surface area contributed by atoms with Crippen LogP contribution in [0.4, 0.5) is 0 Å². The fraction of sp³-hybridized carbons (Fsp3) is 0.286. The predicted octanol–water partition coefficient (Wildman–Crippen LogP) is 4.63. The van der Waals surface area contributed by atoms with Gasteiger partial charge in [0, 0.05) is 11.1 Å². The van der Waals surface area contributed by atoms with Crippen molar-refractivity contribution in [3.8, 4) is 11.4 Å². The van der Waals surface area contributed by atoms with Crippen LogP contribution in [0.25, 0.3) is 11.4 Å². The van der Waals surface area contributed by atoms with Crippen LogP contribution in [-0.2, 0) is 6.42 Å². The van der Waals surface area contributed by atoms with Gasteiger partial charge in [0.05, 0.1) is 0 Å². The smallest absolute Gasteiger partial charge is 0.162 e. The third-order valence-corrected chi connectivity index (χ3v) is 3.73. The van der Waals surface area contributed by atoms with E-state index in [0.717, 1.165) is 23.1 Å². The average Bonchev–Trinajstić information content (AvgIpc) is 2.32. The molecular formula is C14H14Cl2N2. The van der Waals surface area contributed by atoms with Gasteiger partial charge in [0.2, 0.25) is 0 Å². The fourth-order valence-electron chi connectivity index (χ4n) is 1.84. The molecule has 0 aliphatic heterocycles. The Morgan fingerprint density at radius 2 is 1.67 bits per heavy atom. The molecule has 0 aliphatic rings. The summed E-state index contributed by atoms with van der Waals surface area (Å²) < 4.78 is 0. The molecule has 0 unspecified atom stereocenters. The average molecular weight is 281 g/mol. The van der Waals surface area contributed by atoms with Crippen LogP contribution < -0.4 is 0 Å². The van der Waals surface area contributed by atoms with Crippen LogP contribution in [0.1, 0.15) is 23.6 Å². The van der Waals surface area contributed by atoms with Gasteiger partial charge in [-0.25, -0.2) is 9.97 Å². The second-order valence-electron chi connectivity index (χ2n) is 4.21. The Balaban J connectivity index is 2.62. The number of aryl methyl sites for hydroxylation is 1. The van der Waals surface area contributed by atoms with Crippen LogP contribution in [0, 0.1) is 13.8 Å². The van der Waals surface area contributed by atoms with Gasteiger partial charge >= 0.3 is 0 Å². The molecule has 0 fully saturated rings. The largest absolute Gasteiger partial charge is 0.216 e. The Hall–Kier alpha value is -1.12. The number of hydrogen-bond donors (Lipinski definition) is 0. The van der Waals surface area contributed by atoms with E-state index in [-0.39, 0.29) is 0 Å². The minimum atomic E-state index is 0.438. The molecule has 1 aromatic heterocycles. The quantitative estimate of drug-likeness (QED) is 0.750. The van der Waals surface area contributed by atoms with Crippen LogP contribution in [0.3, 0.4) is 0 Å². The molecule has 0 amide bonds. The molecule has 0 atom stereocenters. The van der Waals surface area contributed by atoms with E-state index in [4.69, 9.17) is 23.2 Å². The third kappa shape index (κ3) is 2.36. The molecule has 0 saturated heterocycles. The number of benzene rings is 1. The predicted molar refractivity (Wildman–Crippen MR) is 76.3 cm³/mol. The van der Waals surface area contributed by atoms with E-state index in [1.165, 1.54) is 5.56 Å². The summed E-state index contributed by atoms with van der Waals surface area (Å²) >= 11 is 12.3. The topological polar surface area (TPSA) is 25.8 Å². The molecule has 2 rings (SSSR count). The zero-order chi connectivity index (χ0) is 13.3. The second-order valence-corrected chi connectivity index (χ2v) is 4.92. The molecule has 4 heteroatoms. The second kappa shape index (κ2) is 5.25. The van der Waals surface area contributed by atoms with E-state index in [1.807, 2.05) is 26.0 Å². The van der Waals surface area contributed by atoms with Gasteiger partial charge in [0.1, 0.15) is 10.3 Å². The molecule has 94 valence electrons. The molecule has 0 bridgehead atoms. The lowest BCUT2D eigenvalue weighted by Crippen LogP contribution is -1.98. The van der Waals surface area contributed by atoms with Gasteiger partial charge in [0.25, 0.3) is 0 Å². The SMILES string of the molecule is CCc1c(Cl)nc(-c2cccc(C)c2C)nc1Cl. The number of rotatable bonds is 2. The Kier molecular flexibility index (Phi) is 3.88.